The summed E-state index contributed by atoms with van der Waals surface area (Å²) in [6.45, 7) is 0.448. The zero-order valence-electron chi connectivity index (χ0n) is 16.2. The Bertz CT molecular complexity index is 1170. The second-order valence-electron chi connectivity index (χ2n) is 6.47. The number of esters is 1. The monoisotopic (exact) mass is 409 g/mol. The van der Waals surface area contributed by atoms with Crippen molar-refractivity contribution in [2.45, 2.75) is 6.54 Å². The lowest BCUT2D eigenvalue weighted by Gasteiger charge is -2.04. The maximum absolute atomic E-state index is 12.5. The highest BCUT2D eigenvalue weighted by atomic mass is 32.2. The van der Waals surface area contributed by atoms with Gasteiger partial charge in [-0.05, 0) is 36.0 Å². The molecule has 29 heavy (non-hydrogen) atoms. The molecule has 7 nitrogen and oxygen atoms in total. The van der Waals surface area contributed by atoms with Crippen LogP contribution >= 0.6 is 11.8 Å². The topological polar surface area (TPSA) is 77.0 Å². The molecule has 3 aromatic rings. The second-order valence-corrected chi connectivity index (χ2v) is 7.48. The van der Waals surface area contributed by atoms with Gasteiger partial charge < -0.3 is 13.7 Å². The highest BCUT2D eigenvalue weighted by Gasteiger charge is 2.30. The zero-order chi connectivity index (χ0) is 20.5. The number of benzene rings is 1. The first-order valence-electron chi connectivity index (χ1n) is 8.91. The van der Waals surface area contributed by atoms with Gasteiger partial charge in [0, 0.05) is 36.8 Å². The van der Waals surface area contributed by atoms with Crippen molar-refractivity contribution in [1.82, 2.24) is 9.47 Å². The minimum atomic E-state index is -0.506. The number of ether oxygens (including phenoxy) is 1. The average Bonchev–Trinajstić information content (AvgIpc) is 3.41. The third-order valence-corrected chi connectivity index (χ3v) is 5.83. The highest BCUT2D eigenvalue weighted by Crippen LogP contribution is 2.33. The van der Waals surface area contributed by atoms with E-state index in [2.05, 4.69) is 4.99 Å². The molecule has 0 bridgehead atoms. The summed E-state index contributed by atoms with van der Waals surface area (Å²) in [6, 6.07) is 11.3. The Labute approximate surface area is 171 Å². The third kappa shape index (κ3) is 3.47. The molecular weight excluding hydrogens is 390 g/mol. The van der Waals surface area contributed by atoms with Gasteiger partial charge in [-0.25, -0.2) is 4.79 Å². The fraction of sp³-hybridized carbons (Fsp3) is 0.190. The van der Waals surface area contributed by atoms with Gasteiger partial charge in [-0.2, -0.15) is 0 Å². The van der Waals surface area contributed by atoms with E-state index < -0.39 is 5.97 Å². The lowest BCUT2D eigenvalue weighted by Crippen LogP contribution is -2.23. The maximum atomic E-state index is 12.5. The number of thioether (sulfide) groups is 1. The van der Waals surface area contributed by atoms with E-state index >= 15 is 0 Å². The first-order valence-corrected chi connectivity index (χ1v) is 9.72. The predicted octanol–water partition coefficient (Wildman–Crippen LogP) is 3.60. The van der Waals surface area contributed by atoms with E-state index in [4.69, 9.17) is 9.15 Å². The molecule has 1 fully saturated rings. The number of aromatic nitrogens is 1. The number of amidine groups is 1. The van der Waals surface area contributed by atoms with Crippen LogP contribution in [0.15, 0.2) is 56.9 Å². The Morgan fingerprint density at radius 1 is 1.28 bits per heavy atom. The Hall–Kier alpha value is -3.26. The van der Waals surface area contributed by atoms with Crippen LogP contribution in [-0.2, 0) is 16.1 Å². The Morgan fingerprint density at radius 3 is 2.79 bits per heavy atom. The number of rotatable bonds is 4. The summed E-state index contributed by atoms with van der Waals surface area (Å²) in [4.78, 5) is 30.4. The molecule has 148 valence electrons. The van der Waals surface area contributed by atoms with Gasteiger partial charge in [0.05, 0.1) is 18.6 Å². The van der Waals surface area contributed by atoms with Crippen molar-refractivity contribution in [3.63, 3.8) is 0 Å². The summed E-state index contributed by atoms with van der Waals surface area (Å²) < 4.78 is 12.3. The molecule has 3 heterocycles. The summed E-state index contributed by atoms with van der Waals surface area (Å²) in [5, 5.41) is 1.70. The number of hydrogen-bond donors (Lipinski definition) is 0. The Kier molecular flexibility index (Phi) is 5.02. The number of carbonyl (C=O) groups excluding carboxylic acids is 2. The predicted molar refractivity (Wildman–Crippen MR) is 113 cm³/mol. The van der Waals surface area contributed by atoms with Crippen LogP contribution in [0.25, 0.3) is 17.0 Å². The molecule has 0 spiro atoms. The maximum Gasteiger partial charge on any atom is 0.373 e. The van der Waals surface area contributed by atoms with E-state index in [1.165, 1.54) is 18.9 Å². The number of likely N-dealkylation sites (N-methyl/N-ethyl adjacent to an activating group) is 1. The van der Waals surface area contributed by atoms with Crippen LogP contribution in [0.4, 0.5) is 0 Å². The molecule has 1 saturated heterocycles. The average molecular weight is 409 g/mol. The van der Waals surface area contributed by atoms with Gasteiger partial charge in [-0.3, -0.25) is 14.7 Å². The minimum Gasteiger partial charge on any atom is -0.463 e. The van der Waals surface area contributed by atoms with E-state index in [-0.39, 0.29) is 11.7 Å². The number of methoxy groups -OCH3 is 1. The van der Waals surface area contributed by atoms with Gasteiger partial charge in [0.2, 0.25) is 5.76 Å². The van der Waals surface area contributed by atoms with Crippen molar-refractivity contribution >= 4 is 45.8 Å². The second kappa shape index (κ2) is 7.63. The third-order valence-electron chi connectivity index (χ3n) is 4.68. The number of furan rings is 1. The first-order chi connectivity index (χ1) is 14.0. The van der Waals surface area contributed by atoms with E-state index in [9.17, 15) is 9.59 Å². The summed E-state index contributed by atoms with van der Waals surface area (Å²) in [7, 11) is 4.71. The van der Waals surface area contributed by atoms with Crippen LogP contribution in [0.5, 0.6) is 0 Å². The van der Waals surface area contributed by atoms with Crippen molar-refractivity contribution in [1.29, 1.82) is 0 Å². The molecule has 1 aliphatic heterocycles. The Morgan fingerprint density at radius 2 is 2.07 bits per heavy atom. The summed E-state index contributed by atoms with van der Waals surface area (Å²) in [5.74, 6) is 0.231. The highest BCUT2D eigenvalue weighted by molar-refractivity contribution is 8.18. The number of nitrogens with zero attached hydrogens (tertiary/aromatic N) is 3. The van der Waals surface area contributed by atoms with Crippen molar-refractivity contribution in [3.8, 4) is 0 Å². The lowest BCUT2D eigenvalue weighted by molar-refractivity contribution is -0.121. The van der Waals surface area contributed by atoms with Crippen molar-refractivity contribution < 1.29 is 18.7 Å². The van der Waals surface area contributed by atoms with Crippen molar-refractivity contribution in [2.75, 3.05) is 21.2 Å². The molecule has 1 amide bonds. The molecule has 0 radical (unpaired) electrons. The van der Waals surface area contributed by atoms with Gasteiger partial charge in [0.15, 0.2) is 5.17 Å². The Balaban J connectivity index is 1.71. The lowest BCUT2D eigenvalue weighted by atomic mass is 10.1. The van der Waals surface area contributed by atoms with E-state index in [0.29, 0.717) is 22.4 Å². The number of fused-ring (bicyclic) bond motifs is 1. The van der Waals surface area contributed by atoms with Crippen molar-refractivity contribution in [2.24, 2.45) is 4.99 Å². The molecule has 1 aliphatic rings. The molecule has 4 rings (SSSR count). The molecule has 8 heteroatoms. The standard InChI is InChI=1S/C21H19N3O4S/c1-22-21-23(2)19(25)18(29-21)10-13-11-24(16-7-5-4-6-15(13)16)12-14-8-9-17(28-14)20(26)27-3/h4-11H,12H2,1-3H3/b18-10-,22-21?. The molecule has 0 unspecified atom stereocenters. The molecular formula is C21H19N3O4S. The van der Waals surface area contributed by atoms with E-state index in [1.54, 1.807) is 31.1 Å². The van der Waals surface area contributed by atoms with Gasteiger partial charge in [0.1, 0.15) is 5.76 Å². The van der Waals surface area contributed by atoms with Crippen LogP contribution in [0, 0.1) is 0 Å². The molecule has 2 aromatic heterocycles. The summed E-state index contributed by atoms with van der Waals surface area (Å²) in [5.41, 5.74) is 1.94. The van der Waals surface area contributed by atoms with Crippen LogP contribution in [0.1, 0.15) is 21.9 Å². The van der Waals surface area contributed by atoms with Crippen LogP contribution in [-0.4, -0.2) is 47.7 Å². The molecule has 0 aliphatic carbocycles. The SMILES string of the molecule is CN=C1S/C(=C\c2cn(Cc3ccc(C(=O)OC)o3)c3ccccc23)C(=O)N1C. The fourth-order valence-corrected chi connectivity index (χ4v) is 4.17. The van der Waals surface area contributed by atoms with Crippen LogP contribution in [0.3, 0.4) is 0 Å². The van der Waals surface area contributed by atoms with Crippen molar-refractivity contribution in [3.05, 3.63) is 64.6 Å². The van der Waals surface area contributed by atoms with Gasteiger partial charge in [-0.1, -0.05) is 18.2 Å². The largest absolute Gasteiger partial charge is 0.463 e. The molecule has 1 aromatic carbocycles. The van der Waals surface area contributed by atoms with Crippen LogP contribution in [0.2, 0.25) is 0 Å². The van der Waals surface area contributed by atoms with E-state index in [0.717, 1.165) is 16.5 Å². The molecule has 0 atom stereocenters. The number of aliphatic imine (C=N–C) groups is 1. The number of hydrogen-bond acceptors (Lipinski definition) is 6. The van der Waals surface area contributed by atoms with Gasteiger partial charge in [-0.15, -0.1) is 0 Å². The summed E-state index contributed by atoms with van der Waals surface area (Å²) >= 11 is 1.36. The zero-order valence-corrected chi connectivity index (χ0v) is 17.0. The minimum absolute atomic E-state index is 0.0683. The molecule has 0 saturated carbocycles. The quantitative estimate of drug-likeness (QED) is 0.486. The van der Waals surface area contributed by atoms with Crippen LogP contribution < -0.4 is 0 Å². The smallest absolute Gasteiger partial charge is 0.373 e. The number of carbonyl (C=O) groups is 2. The van der Waals surface area contributed by atoms with E-state index in [1.807, 2.05) is 41.1 Å². The molecule has 0 N–H and O–H groups in total. The normalized spacial score (nSPS) is 17.1. The fourth-order valence-electron chi connectivity index (χ4n) is 3.25. The van der Waals surface area contributed by atoms with Gasteiger partial charge in [0.25, 0.3) is 5.91 Å². The number of para-hydroxylation sites is 1. The first kappa shape index (κ1) is 19.1. The number of amides is 1. The van der Waals surface area contributed by atoms with Gasteiger partial charge >= 0.3 is 5.97 Å². The summed E-state index contributed by atoms with van der Waals surface area (Å²) in [6.07, 6.45) is 3.87.